The minimum absolute atomic E-state index is 0.0716. The second-order valence-electron chi connectivity index (χ2n) is 3.96. The Hall–Kier alpha value is -0.740. The van der Waals surface area contributed by atoms with Crippen molar-refractivity contribution in [2.75, 3.05) is 6.54 Å². The van der Waals surface area contributed by atoms with Gasteiger partial charge in [0.2, 0.25) is 0 Å². The quantitative estimate of drug-likeness (QED) is 0.803. The van der Waals surface area contributed by atoms with Gasteiger partial charge in [0.1, 0.15) is 5.82 Å². The minimum Gasteiger partial charge on any atom is -0.309 e. The Bertz CT molecular complexity index is 395. The molecule has 0 spiro atoms. The Morgan fingerprint density at radius 1 is 1.38 bits per heavy atom. The molecular formula is C11H11ClF3N. The van der Waals surface area contributed by atoms with E-state index < -0.39 is 17.8 Å². The fourth-order valence-electron chi connectivity index (χ4n) is 1.91. The fraction of sp³-hybridized carbons (Fsp3) is 0.455. The van der Waals surface area contributed by atoms with E-state index in [1.54, 1.807) is 6.07 Å². The molecule has 2 rings (SSSR count). The van der Waals surface area contributed by atoms with Crippen molar-refractivity contribution < 1.29 is 13.2 Å². The molecule has 0 saturated carbocycles. The molecule has 1 atom stereocenters. The molecule has 1 saturated heterocycles. The van der Waals surface area contributed by atoms with Crippen LogP contribution in [0.15, 0.2) is 18.2 Å². The fourth-order valence-corrected chi connectivity index (χ4v) is 2.17. The maximum Gasteiger partial charge on any atom is 0.251 e. The lowest BCUT2D eigenvalue weighted by Gasteiger charge is -2.30. The van der Waals surface area contributed by atoms with Crippen LogP contribution in [0.2, 0.25) is 5.02 Å². The van der Waals surface area contributed by atoms with Gasteiger partial charge in [-0.15, -0.1) is 0 Å². The first-order chi connectivity index (χ1) is 7.49. The molecule has 1 aromatic carbocycles. The zero-order valence-electron chi connectivity index (χ0n) is 8.44. The second kappa shape index (κ2) is 4.26. The summed E-state index contributed by atoms with van der Waals surface area (Å²) in [5.41, 5.74) is 0.404. The van der Waals surface area contributed by atoms with Crippen molar-refractivity contribution in [1.82, 2.24) is 5.32 Å². The van der Waals surface area contributed by atoms with Crippen LogP contribution in [-0.4, -0.2) is 12.5 Å². The van der Waals surface area contributed by atoms with E-state index in [4.69, 9.17) is 11.6 Å². The van der Waals surface area contributed by atoms with Crippen LogP contribution in [0.1, 0.15) is 24.4 Å². The Morgan fingerprint density at radius 3 is 2.81 bits per heavy atom. The zero-order valence-corrected chi connectivity index (χ0v) is 9.20. The Labute approximate surface area is 96.6 Å². The third-order valence-corrected chi connectivity index (χ3v) is 3.14. The highest BCUT2D eigenvalue weighted by atomic mass is 35.5. The first-order valence-corrected chi connectivity index (χ1v) is 5.42. The van der Waals surface area contributed by atoms with E-state index >= 15 is 0 Å². The lowest BCUT2D eigenvalue weighted by atomic mass is 9.95. The molecule has 1 N–H and O–H groups in total. The van der Waals surface area contributed by atoms with E-state index in [0.717, 1.165) is 0 Å². The normalized spacial score (nSPS) is 24.4. The molecule has 0 aliphatic carbocycles. The SMILES string of the molecule is Fc1cccc(C2CC(F)(F)CCN2)c1Cl. The topological polar surface area (TPSA) is 12.0 Å². The van der Waals surface area contributed by atoms with Crippen LogP contribution in [0.5, 0.6) is 0 Å². The van der Waals surface area contributed by atoms with Gasteiger partial charge in [0.25, 0.3) is 5.92 Å². The van der Waals surface area contributed by atoms with E-state index in [0.29, 0.717) is 5.56 Å². The van der Waals surface area contributed by atoms with Crippen LogP contribution >= 0.6 is 11.6 Å². The molecule has 1 unspecified atom stereocenters. The number of benzene rings is 1. The van der Waals surface area contributed by atoms with Crippen molar-refractivity contribution in [3.63, 3.8) is 0 Å². The molecule has 1 aromatic rings. The molecule has 1 aliphatic heterocycles. The van der Waals surface area contributed by atoms with Crippen molar-refractivity contribution in [3.8, 4) is 0 Å². The summed E-state index contributed by atoms with van der Waals surface area (Å²) in [7, 11) is 0. The molecule has 1 fully saturated rings. The number of hydrogen-bond donors (Lipinski definition) is 1. The summed E-state index contributed by atoms with van der Waals surface area (Å²) >= 11 is 5.76. The molecule has 0 bridgehead atoms. The zero-order chi connectivity index (χ0) is 11.8. The van der Waals surface area contributed by atoms with Gasteiger partial charge in [-0.2, -0.15) is 0 Å². The number of alkyl halides is 2. The second-order valence-corrected chi connectivity index (χ2v) is 4.34. The lowest BCUT2D eigenvalue weighted by Crippen LogP contribution is -2.38. The van der Waals surface area contributed by atoms with Crippen molar-refractivity contribution >= 4 is 11.6 Å². The Kier molecular flexibility index (Phi) is 3.13. The molecule has 0 radical (unpaired) electrons. The summed E-state index contributed by atoms with van der Waals surface area (Å²) in [6, 6.07) is 3.69. The van der Waals surface area contributed by atoms with Crippen molar-refractivity contribution in [2.45, 2.75) is 24.8 Å². The molecule has 0 aromatic heterocycles. The molecule has 1 aliphatic rings. The maximum atomic E-state index is 13.2. The summed E-state index contributed by atoms with van der Waals surface area (Å²) in [4.78, 5) is 0. The van der Waals surface area contributed by atoms with Gasteiger partial charge in [-0.1, -0.05) is 23.7 Å². The van der Waals surface area contributed by atoms with Gasteiger partial charge < -0.3 is 5.32 Å². The first-order valence-electron chi connectivity index (χ1n) is 5.05. The first kappa shape index (κ1) is 11.7. The van der Waals surface area contributed by atoms with Gasteiger partial charge in [0.05, 0.1) is 5.02 Å². The standard InChI is InChI=1S/C11H11ClF3N/c12-10-7(2-1-3-8(10)13)9-6-11(14,15)4-5-16-9/h1-3,9,16H,4-6H2. The van der Waals surface area contributed by atoms with Gasteiger partial charge in [0, 0.05) is 25.4 Å². The van der Waals surface area contributed by atoms with Gasteiger partial charge in [-0.25, -0.2) is 13.2 Å². The summed E-state index contributed by atoms with van der Waals surface area (Å²) in [6.07, 6.45) is -0.521. The number of hydrogen-bond acceptors (Lipinski definition) is 1. The van der Waals surface area contributed by atoms with Gasteiger partial charge in [-0.05, 0) is 11.6 Å². The predicted octanol–water partition coefficient (Wildman–Crippen LogP) is 3.54. The Morgan fingerprint density at radius 2 is 2.12 bits per heavy atom. The van der Waals surface area contributed by atoms with Crippen LogP contribution in [0.4, 0.5) is 13.2 Å². The highest BCUT2D eigenvalue weighted by Gasteiger charge is 2.37. The average molecular weight is 250 g/mol. The summed E-state index contributed by atoms with van der Waals surface area (Å²) in [6.45, 7) is 0.213. The molecule has 16 heavy (non-hydrogen) atoms. The van der Waals surface area contributed by atoms with E-state index in [9.17, 15) is 13.2 Å². The molecule has 5 heteroatoms. The Balaban J connectivity index is 2.27. The number of halogens is 4. The highest BCUT2D eigenvalue weighted by Crippen LogP contribution is 2.37. The monoisotopic (exact) mass is 249 g/mol. The maximum absolute atomic E-state index is 13.2. The van der Waals surface area contributed by atoms with Gasteiger partial charge >= 0.3 is 0 Å². The largest absolute Gasteiger partial charge is 0.309 e. The molecule has 0 amide bonds. The van der Waals surface area contributed by atoms with E-state index in [-0.39, 0.29) is 24.4 Å². The number of rotatable bonds is 1. The molecule has 1 heterocycles. The van der Waals surface area contributed by atoms with Crippen molar-refractivity contribution in [1.29, 1.82) is 0 Å². The summed E-state index contributed by atoms with van der Waals surface area (Å²) in [5, 5.41) is 2.86. The van der Waals surface area contributed by atoms with Crippen LogP contribution in [0, 0.1) is 5.82 Å². The van der Waals surface area contributed by atoms with E-state index in [1.165, 1.54) is 12.1 Å². The molecular weight excluding hydrogens is 239 g/mol. The van der Waals surface area contributed by atoms with Crippen molar-refractivity contribution in [2.24, 2.45) is 0 Å². The third-order valence-electron chi connectivity index (χ3n) is 2.74. The van der Waals surface area contributed by atoms with Crippen molar-refractivity contribution in [3.05, 3.63) is 34.6 Å². The van der Waals surface area contributed by atoms with E-state index in [2.05, 4.69) is 5.32 Å². The highest BCUT2D eigenvalue weighted by molar-refractivity contribution is 6.31. The number of nitrogens with one attached hydrogen (secondary N) is 1. The summed E-state index contributed by atoms with van der Waals surface area (Å²) in [5.74, 6) is -3.28. The van der Waals surface area contributed by atoms with Gasteiger partial charge in [0.15, 0.2) is 0 Å². The average Bonchev–Trinajstić information content (AvgIpc) is 2.20. The number of piperidine rings is 1. The third kappa shape index (κ3) is 2.33. The van der Waals surface area contributed by atoms with Crippen LogP contribution in [0.25, 0.3) is 0 Å². The molecule has 88 valence electrons. The lowest BCUT2D eigenvalue weighted by molar-refractivity contribution is -0.0415. The van der Waals surface area contributed by atoms with Crippen LogP contribution < -0.4 is 5.32 Å². The predicted molar refractivity (Wildman–Crippen MR) is 56.3 cm³/mol. The minimum atomic E-state index is -2.70. The van der Waals surface area contributed by atoms with Gasteiger partial charge in [-0.3, -0.25) is 0 Å². The molecule has 1 nitrogen and oxygen atoms in total. The smallest absolute Gasteiger partial charge is 0.251 e. The van der Waals surface area contributed by atoms with Crippen LogP contribution in [0.3, 0.4) is 0 Å². The van der Waals surface area contributed by atoms with Crippen LogP contribution in [-0.2, 0) is 0 Å². The van der Waals surface area contributed by atoms with E-state index in [1.807, 2.05) is 0 Å². The summed E-state index contributed by atoms with van der Waals surface area (Å²) < 4.78 is 39.6.